The number of aryl methyl sites for hydroxylation is 1. The van der Waals surface area contributed by atoms with Crippen LogP contribution in [0.4, 0.5) is 0 Å². The molecular formula is C18H16N4. The van der Waals surface area contributed by atoms with Crippen molar-refractivity contribution in [2.75, 3.05) is 0 Å². The van der Waals surface area contributed by atoms with Crippen LogP contribution < -0.4 is 0 Å². The van der Waals surface area contributed by atoms with E-state index in [4.69, 9.17) is 5.10 Å². The first kappa shape index (κ1) is 12.8. The average molecular weight is 288 g/mol. The van der Waals surface area contributed by atoms with E-state index in [9.17, 15) is 0 Å². The maximum atomic E-state index is 4.77. The molecule has 0 amide bonds. The predicted octanol–water partition coefficient (Wildman–Crippen LogP) is 3.55. The number of benzene rings is 2. The molecule has 0 saturated carbocycles. The molecule has 0 spiro atoms. The molecule has 2 aromatic heterocycles. The third kappa shape index (κ3) is 2.19. The van der Waals surface area contributed by atoms with E-state index in [0.29, 0.717) is 0 Å². The molecule has 4 nitrogen and oxygen atoms in total. The van der Waals surface area contributed by atoms with Crippen molar-refractivity contribution >= 4 is 5.65 Å². The molecular weight excluding hydrogens is 272 g/mol. The molecule has 4 rings (SSSR count). The lowest BCUT2D eigenvalue weighted by Gasteiger charge is -2.01. The van der Waals surface area contributed by atoms with Gasteiger partial charge in [-0.2, -0.15) is 14.7 Å². The largest absolute Gasteiger partial charge is 0.241 e. The third-order valence-corrected chi connectivity index (χ3v) is 3.70. The molecule has 0 bridgehead atoms. The van der Waals surface area contributed by atoms with E-state index in [1.807, 2.05) is 40.4 Å². The molecule has 0 aliphatic heterocycles. The molecule has 108 valence electrons. The fourth-order valence-corrected chi connectivity index (χ4v) is 2.67. The van der Waals surface area contributed by atoms with Gasteiger partial charge in [0.15, 0.2) is 11.5 Å². The van der Waals surface area contributed by atoms with Crippen molar-refractivity contribution in [2.24, 2.45) is 0 Å². The average Bonchev–Trinajstić information content (AvgIpc) is 3.08. The molecule has 4 heteroatoms. The maximum Gasteiger partial charge on any atom is 0.183 e. The highest BCUT2D eigenvalue weighted by Gasteiger charge is 2.14. The summed E-state index contributed by atoms with van der Waals surface area (Å²) >= 11 is 0. The summed E-state index contributed by atoms with van der Waals surface area (Å²) in [6, 6.07) is 22.6. The summed E-state index contributed by atoms with van der Waals surface area (Å²) in [5.74, 6) is 0.875. The van der Waals surface area contributed by atoms with Gasteiger partial charge in [-0.3, -0.25) is 0 Å². The molecule has 0 radical (unpaired) electrons. The summed E-state index contributed by atoms with van der Waals surface area (Å²) < 4.78 is 3.94. The van der Waals surface area contributed by atoms with Crippen LogP contribution in [0.3, 0.4) is 0 Å². The van der Waals surface area contributed by atoms with Gasteiger partial charge < -0.3 is 0 Å². The fraction of sp³-hybridized carbons (Fsp3) is 0.111. The molecule has 0 aliphatic carbocycles. The highest BCUT2D eigenvalue weighted by Crippen LogP contribution is 2.20. The summed E-state index contributed by atoms with van der Waals surface area (Å²) in [5, 5.41) is 9.36. The van der Waals surface area contributed by atoms with Crippen molar-refractivity contribution in [1.29, 1.82) is 0 Å². The lowest BCUT2D eigenvalue weighted by molar-refractivity contribution is 0.714. The normalized spacial score (nSPS) is 11.1. The van der Waals surface area contributed by atoms with Gasteiger partial charge in [0.1, 0.15) is 0 Å². The Bertz CT molecular complexity index is 904. The second-order valence-corrected chi connectivity index (χ2v) is 5.39. The molecule has 0 atom stereocenters. The van der Waals surface area contributed by atoms with E-state index >= 15 is 0 Å². The second-order valence-electron chi connectivity index (χ2n) is 5.39. The van der Waals surface area contributed by atoms with Crippen molar-refractivity contribution in [3.05, 3.63) is 78.0 Å². The monoisotopic (exact) mass is 288 g/mol. The second kappa shape index (κ2) is 5.15. The van der Waals surface area contributed by atoms with Crippen LogP contribution in [0.25, 0.3) is 17.0 Å². The van der Waals surface area contributed by atoms with Gasteiger partial charge in [-0.25, -0.2) is 4.68 Å². The zero-order chi connectivity index (χ0) is 14.9. The smallest absolute Gasteiger partial charge is 0.183 e. The zero-order valence-electron chi connectivity index (χ0n) is 12.3. The van der Waals surface area contributed by atoms with Gasteiger partial charge in [0.05, 0.1) is 12.2 Å². The van der Waals surface area contributed by atoms with Gasteiger partial charge in [0, 0.05) is 11.6 Å². The van der Waals surface area contributed by atoms with Crippen LogP contribution in [0.5, 0.6) is 0 Å². The molecule has 22 heavy (non-hydrogen) atoms. The first-order valence-electron chi connectivity index (χ1n) is 7.34. The minimum atomic E-state index is 0.738. The molecule has 0 aliphatic rings. The van der Waals surface area contributed by atoms with E-state index in [2.05, 4.69) is 47.6 Å². The molecule has 2 heterocycles. The van der Waals surface area contributed by atoms with E-state index in [-0.39, 0.29) is 0 Å². The molecule has 0 N–H and O–H groups in total. The van der Waals surface area contributed by atoms with Gasteiger partial charge in [-0.05, 0) is 12.5 Å². The van der Waals surface area contributed by atoms with Gasteiger partial charge >= 0.3 is 0 Å². The Balaban J connectivity index is 1.86. The van der Waals surface area contributed by atoms with Crippen molar-refractivity contribution in [3.63, 3.8) is 0 Å². The summed E-state index contributed by atoms with van der Waals surface area (Å²) in [6.45, 7) is 2.75. The highest BCUT2D eigenvalue weighted by molar-refractivity contribution is 5.59. The van der Waals surface area contributed by atoms with E-state index < -0.39 is 0 Å². The van der Waals surface area contributed by atoms with Crippen LogP contribution in [0.1, 0.15) is 11.3 Å². The Kier molecular flexibility index (Phi) is 3.00. The number of hydrogen-bond acceptors (Lipinski definition) is 2. The number of nitrogens with zero attached hydrogens (tertiary/aromatic N) is 4. The molecule has 4 aromatic rings. The Morgan fingerprint density at radius 2 is 1.55 bits per heavy atom. The highest BCUT2D eigenvalue weighted by atomic mass is 15.4. The Hall–Kier alpha value is -2.88. The molecule has 0 saturated heterocycles. The minimum Gasteiger partial charge on any atom is -0.241 e. The summed E-state index contributed by atoms with van der Waals surface area (Å²) in [4.78, 5) is 0. The first-order chi connectivity index (χ1) is 10.8. The third-order valence-electron chi connectivity index (χ3n) is 3.70. The first-order valence-corrected chi connectivity index (χ1v) is 7.34. The molecule has 0 unspecified atom stereocenters. The van der Waals surface area contributed by atoms with Crippen LogP contribution in [0.2, 0.25) is 0 Å². The number of fused-ring (bicyclic) bond motifs is 1. The van der Waals surface area contributed by atoms with Crippen LogP contribution in [0, 0.1) is 6.92 Å². The van der Waals surface area contributed by atoms with Gasteiger partial charge in [-0.15, -0.1) is 0 Å². The fourth-order valence-electron chi connectivity index (χ4n) is 2.67. The maximum absolute atomic E-state index is 4.77. The minimum absolute atomic E-state index is 0.738. The van der Waals surface area contributed by atoms with Crippen LogP contribution in [-0.4, -0.2) is 19.4 Å². The Morgan fingerprint density at radius 1 is 0.864 bits per heavy atom. The summed E-state index contributed by atoms with van der Waals surface area (Å²) in [6.07, 6.45) is 0. The van der Waals surface area contributed by atoms with Crippen LogP contribution >= 0.6 is 0 Å². The van der Waals surface area contributed by atoms with E-state index in [1.54, 1.807) is 0 Å². The number of rotatable bonds is 3. The van der Waals surface area contributed by atoms with E-state index in [0.717, 1.165) is 29.3 Å². The lowest BCUT2D eigenvalue weighted by Crippen LogP contribution is -2.01. The van der Waals surface area contributed by atoms with Gasteiger partial charge in [0.25, 0.3) is 0 Å². The molecule has 2 aromatic carbocycles. The quantitative estimate of drug-likeness (QED) is 0.578. The van der Waals surface area contributed by atoms with Gasteiger partial charge in [0.2, 0.25) is 0 Å². The summed E-state index contributed by atoms with van der Waals surface area (Å²) in [5.41, 5.74) is 4.31. The molecule has 0 fully saturated rings. The standard InChI is InChI=1S/C18H16N4/c1-14-12-17-21(13-15-8-4-2-5-9-15)20-18(22(17)19-14)16-10-6-3-7-11-16/h2-12H,13H2,1H3. The SMILES string of the molecule is Cc1cc2n(Cc3ccccc3)nc(-c3ccccc3)n2n1. The van der Waals surface area contributed by atoms with Gasteiger partial charge in [-0.1, -0.05) is 60.7 Å². The van der Waals surface area contributed by atoms with Crippen molar-refractivity contribution in [3.8, 4) is 11.4 Å². The Labute approximate surface area is 128 Å². The number of aromatic nitrogens is 4. The Morgan fingerprint density at radius 3 is 2.27 bits per heavy atom. The lowest BCUT2D eigenvalue weighted by atomic mass is 10.2. The summed E-state index contributed by atoms with van der Waals surface area (Å²) in [7, 11) is 0. The van der Waals surface area contributed by atoms with Crippen molar-refractivity contribution in [1.82, 2.24) is 19.4 Å². The van der Waals surface area contributed by atoms with E-state index in [1.165, 1.54) is 5.56 Å². The van der Waals surface area contributed by atoms with Crippen LogP contribution in [0.15, 0.2) is 66.7 Å². The van der Waals surface area contributed by atoms with Crippen molar-refractivity contribution in [2.45, 2.75) is 13.5 Å². The zero-order valence-corrected chi connectivity index (χ0v) is 12.3. The number of hydrogen-bond donors (Lipinski definition) is 0. The topological polar surface area (TPSA) is 35.1 Å². The predicted molar refractivity (Wildman–Crippen MR) is 86.7 cm³/mol. The van der Waals surface area contributed by atoms with Crippen molar-refractivity contribution < 1.29 is 0 Å². The van der Waals surface area contributed by atoms with Crippen LogP contribution in [-0.2, 0) is 6.54 Å².